The van der Waals surface area contributed by atoms with E-state index in [0.717, 1.165) is 31.7 Å². The molecule has 1 aromatic heterocycles. The Labute approximate surface area is 143 Å². The fourth-order valence-electron chi connectivity index (χ4n) is 3.04. The molecule has 130 valence electrons. The second kappa shape index (κ2) is 7.46. The minimum atomic E-state index is -3.19. The minimum absolute atomic E-state index is 0.0286. The molecule has 2 aromatic rings. The molecule has 1 atom stereocenters. The molecular formula is C17H24N4O2S. The summed E-state index contributed by atoms with van der Waals surface area (Å²) in [6, 6.07) is 12.5. The van der Waals surface area contributed by atoms with E-state index in [-0.39, 0.29) is 11.8 Å². The van der Waals surface area contributed by atoms with Gasteiger partial charge in [-0.25, -0.2) is 13.1 Å². The number of nitrogens with one attached hydrogen (secondary N) is 1. The maximum absolute atomic E-state index is 11.7. The summed E-state index contributed by atoms with van der Waals surface area (Å²) in [6.45, 7) is 4.63. The van der Waals surface area contributed by atoms with Crippen molar-refractivity contribution in [3.63, 3.8) is 0 Å². The van der Waals surface area contributed by atoms with Crippen molar-refractivity contribution in [2.24, 2.45) is 0 Å². The Hall–Kier alpha value is -1.70. The molecule has 3 rings (SSSR count). The van der Waals surface area contributed by atoms with Crippen LogP contribution < -0.4 is 4.72 Å². The van der Waals surface area contributed by atoms with Crippen molar-refractivity contribution in [2.45, 2.75) is 25.9 Å². The van der Waals surface area contributed by atoms with E-state index < -0.39 is 10.0 Å². The molecule has 2 heterocycles. The molecule has 24 heavy (non-hydrogen) atoms. The van der Waals surface area contributed by atoms with E-state index in [1.54, 1.807) is 13.1 Å². The Kier molecular flexibility index (Phi) is 5.33. The van der Waals surface area contributed by atoms with Crippen LogP contribution in [0.15, 0.2) is 42.6 Å². The lowest BCUT2D eigenvalue weighted by Crippen LogP contribution is -2.43. The Morgan fingerprint density at radius 2 is 2.04 bits per heavy atom. The SMILES string of the molecule is CCS(=O)(=O)NCC1CN(CCc2ccccc2)Cc2ccnn21. The van der Waals surface area contributed by atoms with Gasteiger partial charge in [-0.05, 0) is 25.0 Å². The van der Waals surface area contributed by atoms with Crippen LogP contribution in [0.3, 0.4) is 0 Å². The van der Waals surface area contributed by atoms with Gasteiger partial charge in [0.2, 0.25) is 10.0 Å². The number of aromatic nitrogens is 2. The lowest BCUT2D eigenvalue weighted by molar-refractivity contribution is 0.177. The highest BCUT2D eigenvalue weighted by Crippen LogP contribution is 2.20. The normalized spacial score (nSPS) is 18.5. The first-order chi connectivity index (χ1) is 11.6. The largest absolute Gasteiger partial charge is 0.295 e. The molecule has 0 aliphatic carbocycles. The first-order valence-electron chi connectivity index (χ1n) is 8.33. The Balaban J connectivity index is 1.64. The van der Waals surface area contributed by atoms with E-state index in [9.17, 15) is 8.42 Å². The van der Waals surface area contributed by atoms with Crippen molar-refractivity contribution < 1.29 is 8.42 Å². The first kappa shape index (κ1) is 17.1. The van der Waals surface area contributed by atoms with Gasteiger partial charge in [0, 0.05) is 32.4 Å². The van der Waals surface area contributed by atoms with Crippen LogP contribution >= 0.6 is 0 Å². The highest BCUT2D eigenvalue weighted by atomic mass is 32.2. The third-order valence-electron chi connectivity index (χ3n) is 4.43. The fraction of sp³-hybridized carbons (Fsp3) is 0.471. The first-order valence-corrected chi connectivity index (χ1v) is 9.98. The zero-order valence-electron chi connectivity index (χ0n) is 13.9. The van der Waals surface area contributed by atoms with E-state index in [1.807, 2.05) is 16.8 Å². The molecule has 1 aromatic carbocycles. The Morgan fingerprint density at radius 1 is 1.25 bits per heavy atom. The Bertz CT molecular complexity index is 758. The van der Waals surface area contributed by atoms with Gasteiger partial charge < -0.3 is 0 Å². The molecule has 0 radical (unpaired) electrons. The summed E-state index contributed by atoms with van der Waals surface area (Å²) >= 11 is 0. The number of sulfonamides is 1. The van der Waals surface area contributed by atoms with Crippen LogP contribution in [0.25, 0.3) is 0 Å². The number of rotatable bonds is 7. The monoisotopic (exact) mass is 348 g/mol. The maximum Gasteiger partial charge on any atom is 0.211 e. The summed E-state index contributed by atoms with van der Waals surface area (Å²) in [4.78, 5) is 2.37. The smallest absolute Gasteiger partial charge is 0.211 e. The van der Waals surface area contributed by atoms with Gasteiger partial charge in [-0.1, -0.05) is 30.3 Å². The molecule has 0 saturated carbocycles. The predicted molar refractivity (Wildman–Crippen MR) is 94.2 cm³/mol. The molecule has 0 bridgehead atoms. The quantitative estimate of drug-likeness (QED) is 0.822. The van der Waals surface area contributed by atoms with Crippen LogP contribution in [-0.4, -0.2) is 48.5 Å². The summed E-state index contributed by atoms with van der Waals surface area (Å²) in [5.41, 5.74) is 2.45. The maximum atomic E-state index is 11.7. The highest BCUT2D eigenvalue weighted by molar-refractivity contribution is 7.89. The van der Waals surface area contributed by atoms with Gasteiger partial charge in [-0.2, -0.15) is 5.10 Å². The molecule has 0 fully saturated rings. The molecule has 6 nitrogen and oxygen atoms in total. The second-order valence-corrected chi connectivity index (χ2v) is 8.24. The van der Waals surface area contributed by atoms with E-state index in [2.05, 4.69) is 39.0 Å². The van der Waals surface area contributed by atoms with E-state index in [0.29, 0.717) is 6.54 Å². The summed E-state index contributed by atoms with van der Waals surface area (Å²) in [5, 5.41) is 4.37. The summed E-state index contributed by atoms with van der Waals surface area (Å²) in [7, 11) is -3.19. The zero-order chi connectivity index (χ0) is 17.0. The van der Waals surface area contributed by atoms with Gasteiger partial charge in [0.05, 0.1) is 17.5 Å². The molecule has 7 heteroatoms. The zero-order valence-corrected chi connectivity index (χ0v) is 14.7. The van der Waals surface area contributed by atoms with Crippen molar-refractivity contribution >= 4 is 10.0 Å². The lowest BCUT2D eigenvalue weighted by Gasteiger charge is -2.34. The van der Waals surface area contributed by atoms with E-state index in [1.165, 1.54) is 5.56 Å². The van der Waals surface area contributed by atoms with Crippen LogP contribution in [0.2, 0.25) is 0 Å². The lowest BCUT2D eigenvalue weighted by atomic mass is 10.1. The molecule has 1 aliphatic heterocycles. The standard InChI is InChI=1S/C17H24N4O2S/c1-2-24(22,23)19-12-17-14-20(13-16-8-10-18-21(16)17)11-9-15-6-4-3-5-7-15/h3-8,10,17,19H,2,9,11-14H2,1H3. The van der Waals surface area contributed by atoms with Crippen molar-refractivity contribution in [3.8, 4) is 0 Å². The topological polar surface area (TPSA) is 67.2 Å². The van der Waals surface area contributed by atoms with Crippen molar-refractivity contribution in [2.75, 3.05) is 25.4 Å². The highest BCUT2D eigenvalue weighted by Gasteiger charge is 2.26. The van der Waals surface area contributed by atoms with Crippen LogP contribution in [-0.2, 0) is 23.0 Å². The van der Waals surface area contributed by atoms with Gasteiger partial charge in [-0.3, -0.25) is 9.58 Å². The van der Waals surface area contributed by atoms with Crippen LogP contribution in [0.4, 0.5) is 0 Å². The van der Waals surface area contributed by atoms with Crippen molar-refractivity contribution in [1.82, 2.24) is 19.4 Å². The average molecular weight is 348 g/mol. The van der Waals surface area contributed by atoms with E-state index >= 15 is 0 Å². The van der Waals surface area contributed by atoms with Gasteiger partial charge in [0.1, 0.15) is 0 Å². The van der Waals surface area contributed by atoms with Crippen molar-refractivity contribution in [3.05, 3.63) is 53.9 Å². The van der Waals surface area contributed by atoms with Gasteiger partial charge in [0.15, 0.2) is 0 Å². The summed E-state index contributed by atoms with van der Waals surface area (Å²) < 4.78 is 28.1. The Morgan fingerprint density at radius 3 is 2.79 bits per heavy atom. The molecule has 0 saturated heterocycles. The predicted octanol–water partition coefficient (Wildman–Crippen LogP) is 1.42. The third-order valence-corrected chi connectivity index (χ3v) is 5.80. The minimum Gasteiger partial charge on any atom is -0.295 e. The molecule has 1 aliphatic rings. The molecule has 1 N–H and O–H groups in total. The van der Waals surface area contributed by atoms with Gasteiger partial charge in [0.25, 0.3) is 0 Å². The molecule has 0 spiro atoms. The number of hydrogen-bond donors (Lipinski definition) is 1. The number of benzene rings is 1. The fourth-order valence-corrected chi connectivity index (χ4v) is 3.69. The average Bonchev–Trinajstić information content (AvgIpc) is 3.07. The molecule has 1 unspecified atom stereocenters. The molecular weight excluding hydrogens is 324 g/mol. The third kappa shape index (κ3) is 4.23. The number of nitrogens with zero attached hydrogens (tertiary/aromatic N) is 3. The summed E-state index contributed by atoms with van der Waals surface area (Å²) in [6.07, 6.45) is 2.78. The van der Waals surface area contributed by atoms with Gasteiger partial charge >= 0.3 is 0 Å². The van der Waals surface area contributed by atoms with Crippen LogP contribution in [0.5, 0.6) is 0 Å². The van der Waals surface area contributed by atoms with Crippen LogP contribution in [0.1, 0.15) is 24.2 Å². The van der Waals surface area contributed by atoms with Gasteiger partial charge in [-0.15, -0.1) is 0 Å². The number of hydrogen-bond acceptors (Lipinski definition) is 4. The van der Waals surface area contributed by atoms with E-state index in [4.69, 9.17) is 0 Å². The molecule has 0 amide bonds. The van der Waals surface area contributed by atoms with Crippen molar-refractivity contribution in [1.29, 1.82) is 0 Å². The summed E-state index contributed by atoms with van der Waals surface area (Å²) in [5.74, 6) is 0.101. The van der Waals surface area contributed by atoms with Crippen LogP contribution in [0, 0.1) is 0 Å². The number of fused-ring (bicyclic) bond motifs is 1. The second-order valence-electron chi connectivity index (χ2n) is 6.14.